The number of amides is 1. The largest absolute Gasteiger partial charge is 0.339 e. The molecule has 1 fully saturated rings. The standard InChI is InChI=1S/C22H30N4OS/c1-2-16-5-6-18(24-12-16)13-25-10-8-19-20(15-28-21(19)14-25)22(27)26-9-3-4-17(23)7-11-26/h5-6,12,15,17H,2-4,7-11,13-14,23H2,1H3. The Morgan fingerprint density at radius 2 is 2.18 bits per heavy atom. The van der Waals surface area contributed by atoms with Crippen molar-refractivity contribution in [2.45, 2.75) is 58.2 Å². The molecule has 2 aromatic rings. The third-order valence-corrected chi connectivity index (χ3v) is 7.01. The van der Waals surface area contributed by atoms with Crippen molar-refractivity contribution in [3.05, 3.63) is 51.0 Å². The van der Waals surface area contributed by atoms with Crippen LogP contribution in [0.4, 0.5) is 0 Å². The molecule has 4 rings (SSSR count). The molecule has 0 aromatic carbocycles. The molecule has 6 heteroatoms. The fourth-order valence-corrected chi connectivity index (χ4v) is 5.29. The summed E-state index contributed by atoms with van der Waals surface area (Å²) in [5.41, 5.74) is 10.7. The molecule has 0 aliphatic carbocycles. The Kier molecular flexibility index (Phi) is 6.09. The number of nitrogens with zero attached hydrogens (tertiary/aromatic N) is 3. The Morgan fingerprint density at radius 1 is 1.29 bits per heavy atom. The third-order valence-electron chi connectivity index (χ3n) is 6.00. The number of fused-ring (bicyclic) bond motifs is 1. The van der Waals surface area contributed by atoms with Gasteiger partial charge < -0.3 is 10.6 Å². The summed E-state index contributed by atoms with van der Waals surface area (Å²) in [5, 5.41) is 2.08. The second-order valence-electron chi connectivity index (χ2n) is 8.01. The van der Waals surface area contributed by atoms with E-state index in [1.807, 2.05) is 11.1 Å². The van der Waals surface area contributed by atoms with E-state index in [-0.39, 0.29) is 11.9 Å². The number of nitrogens with two attached hydrogens (primary N) is 1. The number of pyridine rings is 1. The molecule has 5 nitrogen and oxygen atoms in total. The fourth-order valence-electron chi connectivity index (χ4n) is 4.18. The maximum atomic E-state index is 13.1. The summed E-state index contributed by atoms with van der Waals surface area (Å²) in [4.78, 5) is 23.5. The summed E-state index contributed by atoms with van der Waals surface area (Å²) < 4.78 is 0. The smallest absolute Gasteiger partial charge is 0.254 e. The first-order valence-electron chi connectivity index (χ1n) is 10.4. The van der Waals surface area contributed by atoms with E-state index in [0.717, 1.165) is 76.1 Å². The Hall–Kier alpha value is -1.76. The van der Waals surface area contributed by atoms with Gasteiger partial charge in [0, 0.05) is 55.2 Å². The summed E-state index contributed by atoms with van der Waals surface area (Å²) in [6.45, 7) is 6.54. The molecule has 0 saturated carbocycles. The molecule has 1 saturated heterocycles. The summed E-state index contributed by atoms with van der Waals surface area (Å²) in [6, 6.07) is 4.55. The van der Waals surface area contributed by atoms with Crippen LogP contribution in [0.15, 0.2) is 23.7 Å². The van der Waals surface area contributed by atoms with Crippen LogP contribution in [0.25, 0.3) is 0 Å². The van der Waals surface area contributed by atoms with Gasteiger partial charge in [-0.2, -0.15) is 0 Å². The summed E-state index contributed by atoms with van der Waals surface area (Å²) >= 11 is 1.74. The van der Waals surface area contributed by atoms with Crippen LogP contribution in [0.2, 0.25) is 0 Å². The normalized spacial score (nSPS) is 20.6. The molecule has 2 N–H and O–H groups in total. The maximum Gasteiger partial charge on any atom is 0.254 e. The second kappa shape index (κ2) is 8.72. The zero-order valence-corrected chi connectivity index (χ0v) is 17.5. The van der Waals surface area contributed by atoms with Crippen molar-refractivity contribution in [1.82, 2.24) is 14.8 Å². The van der Waals surface area contributed by atoms with E-state index < -0.39 is 0 Å². The molecular formula is C22H30N4OS. The van der Waals surface area contributed by atoms with E-state index in [2.05, 4.69) is 34.3 Å². The quantitative estimate of drug-likeness (QED) is 0.859. The van der Waals surface area contributed by atoms with Crippen LogP contribution in [0.5, 0.6) is 0 Å². The van der Waals surface area contributed by atoms with Gasteiger partial charge in [-0.15, -0.1) is 11.3 Å². The van der Waals surface area contributed by atoms with Crippen LogP contribution in [-0.2, 0) is 25.9 Å². The van der Waals surface area contributed by atoms with E-state index in [9.17, 15) is 4.79 Å². The van der Waals surface area contributed by atoms with Gasteiger partial charge in [-0.3, -0.25) is 14.7 Å². The van der Waals surface area contributed by atoms with Gasteiger partial charge in [0.2, 0.25) is 0 Å². The van der Waals surface area contributed by atoms with Crippen LogP contribution < -0.4 is 5.73 Å². The zero-order valence-electron chi connectivity index (χ0n) is 16.7. The lowest BCUT2D eigenvalue weighted by atomic mass is 10.0. The van der Waals surface area contributed by atoms with E-state index >= 15 is 0 Å². The number of aryl methyl sites for hydroxylation is 1. The molecule has 4 heterocycles. The Balaban J connectivity index is 1.42. The predicted molar refractivity (Wildman–Crippen MR) is 113 cm³/mol. The minimum absolute atomic E-state index is 0.205. The van der Waals surface area contributed by atoms with Crippen molar-refractivity contribution in [3.63, 3.8) is 0 Å². The van der Waals surface area contributed by atoms with Gasteiger partial charge in [0.15, 0.2) is 0 Å². The number of likely N-dealkylation sites (tertiary alicyclic amines) is 1. The highest BCUT2D eigenvalue weighted by atomic mass is 32.1. The highest BCUT2D eigenvalue weighted by Gasteiger charge is 2.27. The minimum Gasteiger partial charge on any atom is -0.339 e. The van der Waals surface area contributed by atoms with Crippen LogP contribution in [0, 0.1) is 0 Å². The molecule has 1 unspecified atom stereocenters. The summed E-state index contributed by atoms with van der Waals surface area (Å²) in [7, 11) is 0. The highest BCUT2D eigenvalue weighted by molar-refractivity contribution is 7.10. The van der Waals surface area contributed by atoms with Crippen molar-refractivity contribution < 1.29 is 4.79 Å². The van der Waals surface area contributed by atoms with Gasteiger partial charge in [0.1, 0.15) is 0 Å². The highest BCUT2D eigenvalue weighted by Crippen LogP contribution is 2.30. The van der Waals surface area contributed by atoms with Crippen LogP contribution in [0.1, 0.15) is 58.2 Å². The fraction of sp³-hybridized carbons (Fsp3) is 0.545. The number of aromatic nitrogens is 1. The van der Waals surface area contributed by atoms with Gasteiger partial charge in [0.25, 0.3) is 5.91 Å². The monoisotopic (exact) mass is 398 g/mol. The lowest BCUT2D eigenvalue weighted by molar-refractivity contribution is 0.0760. The molecule has 0 bridgehead atoms. The van der Waals surface area contributed by atoms with Gasteiger partial charge in [-0.05, 0) is 49.3 Å². The van der Waals surface area contributed by atoms with Crippen molar-refractivity contribution in [1.29, 1.82) is 0 Å². The number of rotatable bonds is 4. The number of hydrogen-bond donors (Lipinski definition) is 1. The van der Waals surface area contributed by atoms with E-state index in [4.69, 9.17) is 5.73 Å². The first kappa shape index (κ1) is 19.6. The predicted octanol–water partition coefficient (Wildman–Crippen LogP) is 3.22. The van der Waals surface area contributed by atoms with Gasteiger partial charge in [-0.1, -0.05) is 13.0 Å². The summed E-state index contributed by atoms with van der Waals surface area (Å²) in [5.74, 6) is 0.205. The van der Waals surface area contributed by atoms with Crippen molar-refractivity contribution in [2.75, 3.05) is 19.6 Å². The lowest BCUT2D eigenvalue weighted by Gasteiger charge is -2.27. The number of carbonyl (C=O) groups excluding carboxylic acids is 1. The Labute approximate surface area is 171 Å². The molecular weight excluding hydrogens is 368 g/mol. The molecule has 2 aliphatic rings. The van der Waals surface area contributed by atoms with Gasteiger partial charge >= 0.3 is 0 Å². The van der Waals surface area contributed by atoms with E-state index in [1.165, 1.54) is 16.0 Å². The van der Waals surface area contributed by atoms with Gasteiger partial charge in [-0.25, -0.2) is 0 Å². The average Bonchev–Trinajstić information content (AvgIpc) is 3.01. The van der Waals surface area contributed by atoms with Crippen LogP contribution in [-0.4, -0.2) is 46.4 Å². The molecule has 28 heavy (non-hydrogen) atoms. The topological polar surface area (TPSA) is 62.5 Å². The molecule has 150 valence electrons. The SMILES string of the molecule is CCc1ccc(CN2CCc3c(C(=O)N4CCCC(N)CC4)csc3C2)nc1. The number of hydrogen-bond acceptors (Lipinski definition) is 5. The van der Waals surface area contributed by atoms with Crippen molar-refractivity contribution in [3.8, 4) is 0 Å². The first-order valence-corrected chi connectivity index (χ1v) is 11.3. The maximum absolute atomic E-state index is 13.1. The van der Waals surface area contributed by atoms with E-state index in [0.29, 0.717) is 0 Å². The Morgan fingerprint density at radius 3 is 2.96 bits per heavy atom. The first-order chi connectivity index (χ1) is 13.6. The molecule has 0 radical (unpaired) electrons. The molecule has 0 spiro atoms. The molecule has 1 amide bonds. The Bertz CT molecular complexity index is 816. The number of carbonyl (C=O) groups is 1. The third kappa shape index (κ3) is 4.29. The van der Waals surface area contributed by atoms with Crippen LogP contribution >= 0.6 is 11.3 Å². The van der Waals surface area contributed by atoms with E-state index in [1.54, 1.807) is 11.3 Å². The molecule has 1 atom stereocenters. The average molecular weight is 399 g/mol. The van der Waals surface area contributed by atoms with Gasteiger partial charge in [0.05, 0.1) is 11.3 Å². The summed E-state index contributed by atoms with van der Waals surface area (Å²) in [6.07, 6.45) is 6.90. The van der Waals surface area contributed by atoms with Crippen molar-refractivity contribution >= 4 is 17.2 Å². The number of thiophene rings is 1. The zero-order chi connectivity index (χ0) is 19.5. The molecule has 2 aliphatic heterocycles. The minimum atomic E-state index is 0.205. The lowest BCUT2D eigenvalue weighted by Crippen LogP contribution is -2.34. The van der Waals surface area contributed by atoms with Crippen LogP contribution in [0.3, 0.4) is 0 Å². The molecule has 2 aromatic heterocycles. The second-order valence-corrected chi connectivity index (χ2v) is 8.97. The van der Waals surface area contributed by atoms with Crippen molar-refractivity contribution in [2.24, 2.45) is 5.73 Å².